The number of likely N-dealkylation sites (tertiary alicyclic amines) is 1. The van der Waals surface area contributed by atoms with Gasteiger partial charge in [-0.1, -0.05) is 0 Å². The van der Waals surface area contributed by atoms with Crippen LogP contribution in [0.15, 0.2) is 0 Å². The van der Waals surface area contributed by atoms with Gasteiger partial charge >= 0.3 is 23.9 Å². The summed E-state index contributed by atoms with van der Waals surface area (Å²) in [7, 11) is 0. The fourth-order valence-corrected chi connectivity index (χ4v) is 2.65. The molecule has 3 rings (SSSR count). The van der Waals surface area contributed by atoms with Crippen LogP contribution in [-0.2, 0) is 23.8 Å². The third-order valence-electron chi connectivity index (χ3n) is 3.66. The molecule has 0 aromatic carbocycles. The Hall–Kier alpha value is -1.83. The van der Waals surface area contributed by atoms with Crippen LogP contribution >= 0.6 is 0 Å². The molecule has 0 bridgehead atoms. The highest BCUT2D eigenvalue weighted by molar-refractivity contribution is 6.31. The van der Waals surface area contributed by atoms with Crippen molar-refractivity contribution >= 4 is 18.0 Å². The summed E-state index contributed by atoms with van der Waals surface area (Å²) >= 11 is 0. The summed E-state index contributed by atoms with van der Waals surface area (Å²) in [6, 6.07) is 0. The van der Waals surface area contributed by atoms with Crippen molar-refractivity contribution in [2.24, 2.45) is 5.41 Å². The maximum absolute atomic E-state index is 12.1. The molecule has 0 unspecified atom stereocenters. The quantitative estimate of drug-likeness (QED) is 0.477. The van der Waals surface area contributed by atoms with Crippen LogP contribution in [-0.4, -0.2) is 54.1 Å². The molecule has 0 aliphatic carbocycles. The number of hydrogen-bond acceptors (Lipinski definition) is 7. The van der Waals surface area contributed by atoms with Crippen molar-refractivity contribution < 1.29 is 28.6 Å². The van der Waals surface area contributed by atoms with Crippen molar-refractivity contribution in [2.75, 3.05) is 19.6 Å². The van der Waals surface area contributed by atoms with Crippen LogP contribution in [0.1, 0.15) is 20.8 Å². The average Bonchev–Trinajstić information content (AvgIpc) is 2.51. The summed E-state index contributed by atoms with van der Waals surface area (Å²) in [5.41, 5.74) is -1.25. The maximum atomic E-state index is 12.1. The molecule has 1 amide bonds. The number of fused-ring (bicyclic) bond motifs is 1. The van der Waals surface area contributed by atoms with Crippen LogP contribution in [0.25, 0.3) is 0 Å². The lowest BCUT2D eigenvalue weighted by molar-refractivity contribution is -0.374. The van der Waals surface area contributed by atoms with E-state index in [0.29, 0.717) is 19.6 Å². The molecule has 3 saturated heterocycles. The number of ether oxygens (including phenoxy) is 3. The number of rotatable bonds is 0. The van der Waals surface area contributed by atoms with Crippen LogP contribution in [0.2, 0.25) is 0 Å². The van der Waals surface area contributed by atoms with Crippen LogP contribution in [0.5, 0.6) is 0 Å². The largest absolute Gasteiger partial charge is 0.444 e. The first-order valence-electron chi connectivity index (χ1n) is 6.37. The monoisotopic (exact) mass is 284 g/mol. The Morgan fingerprint density at radius 2 is 1.80 bits per heavy atom. The summed E-state index contributed by atoms with van der Waals surface area (Å²) in [6.45, 7) is 6.51. The number of carbonyl (C=O) groups excluding carboxylic acids is 3. The summed E-state index contributed by atoms with van der Waals surface area (Å²) in [4.78, 5) is 36.0. The molecule has 0 radical (unpaired) electrons. The Labute approximate surface area is 115 Å². The second-order valence-corrected chi connectivity index (χ2v) is 6.31. The zero-order valence-corrected chi connectivity index (χ0v) is 11.5. The maximum Gasteiger partial charge on any atom is 0.422 e. The van der Waals surface area contributed by atoms with E-state index < -0.39 is 35.0 Å². The molecule has 0 atom stereocenters. The van der Waals surface area contributed by atoms with E-state index in [0.717, 1.165) is 4.90 Å². The molecule has 20 heavy (non-hydrogen) atoms. The minimum Gasteiger partial charge on any atom is -0.444 e. The molecule has 3 heterocycles. The fourth-order valence-electron chi connectivity index (χ4n) is 2.65. The van der Waals surface area contributed by atoms with E-state index in [-0.39, 0.29) is 0 Å². The highest BCUT2D eigenvalue weighted by atomic mass is 16.8. The highest BCUT2D eigenvalue weighted by Gasteiger charge is 2.78. The Balaban J connectivity index is 1.85. The lowest BCUT2D eigenvalue weighted by Gasteiger charge is -2.63. The molecule has 0 saturated carbocycles. The summed E-state index contributed by atoms with van der Waals surface area (Å²) in [5.74, 6) is -3.80. The van der Waals surface area contributed by atoms with Gasteiger partial charge < -0.3 is 19.5 Å². The van der Waals surface area contributed by atoms with Crippen LogP contribution < -0.4 is 5.32 Å². The van der Waals surface area contributed by atoms with E-state index in [4.69, 9.17) is 14.2 Å². The van der Waals surface area contributed by atoms with Crippen molar-refractivity contribution in [1.82, 2.24) is 10.2 Å². The number of nitrogens with zero attached hydrogens (tertiary/aromatic N) is 1. The Morgan fingerprint density at radius 1 is 1.25 bits per heavy atom. The zero-order valence-electron chi connectivity index (χ0n) is 11.5. The first-order chi connectivity index (χ1) is 9.19. The first-order valence-corrected chi connectivity index (χ1v) is 6.37. The lowest BCUT2D eigenvalue weighted by atomic mass is 9.70. The van der Waals surface area contributed by atoms with Crippen molar-refractivity contribution in [1.29, 1.82) is 0 Å². The van der Waals surface area contributed by atoms with E-state index in [9.17, 15) is 14.4 Å². The predicted octanol–water partition coefficient (Wildman–Crippen LogP) is -0.419. The number of esters is 2. The second-order valence-electron chi connectivity index (χ2n) is 6.31. The molecule has 8 nitrogen and oxygen atoms in total. The van der Waals surface area contributed by atoms with E-state index >= 15 is 0 Å². The van der Waals surface area contributed by atoms with Gasteiger partial charge in [0.25, 0.3) is 0 Å². The Morgan fingerprint density at radius 3 is 2.20 bits per heavy atom. The van der Waals surface area contributed by atoms with Crippen LogP contribution in [0, 0.1) is 5.41 Å². The molecule has 3 aliphatic heterocycles. The molecule has 2 spiro atoms. The predicted molar refractivity (Wildman–Crippen MR) is 63.2 cm³/mol. The van der Waals surface area contributed by atoms with Gasteiger partial charge in [0, 0.05) is 19.6 Å². The summed E-state index contributed by atoms with van der Waals surface area (Å²) in [6.07, 6.45) is -0.669. The van der Waals surface area contributed by atoms with Gasteiger partial charge in [-0.3, -0.25) is 0 Å². The van der Waals surface area contributed by atoms with Crippen molar-refractivity contribution in [3.05, 3.63) is 0 Å². The number of amides is 1. The third kappa shape index (κ3) is 1.54. The van der Waals surface area contributed by atoms with Gasteiger partial charge in [0.1, 0.15) is 11.0 Å². The minimum absolute atomic E-state index is 0.315. The highest BCUT2D eigenvalue weighted by Crippen LogP contribution is 2.54. The molecular formula is C12H16N2O6. The van der Waals surface area contributed by atoms with Gasteiger partial charge in [-0.2, -0.15) is 0 Å². The molecule has 110 valence electrons. The molecule has 0 aromatic rings. The number of hydrogen-bond donors (Lipinski definition) is 1. The zero-order chi connectivity index (χ0) is 14.8. The molecule has 8 heteroatoms. The van der Waals surface area contributed by atoms with Gasteiger partial charge in [-0.15, -0.1) is 0 Å². The second kappa shape index (κ2) is 3.63. The van der Waals surface area contributed by atoms with E-state index in [1.54, 1.807) is 20.8 Å². The minimum atomic E-state index is -1.64. The first kappa shape index (κ1) is 13.2. The van der Waals surface area contributed by atoms with Gasteiger partial charge in [-0.05, 0) is 20.8 Å². The van der Waals surface area contributed by atoms with Gasteiger partial charge in [0.2, 0.25) is 0 Å². The van der Waals surface area contributed by atoms with Gasteiger partial charge in [-0.25, -0.2) is 19.3 Å². The van der Waals surface area contributed by atoms with Crippen LogP contribution in [0.3, 0.4) is 0 Å². The SMILES string of the molecule is CC(C)(C)OC(=O)N1CC2(CNC2)C12OC(=O)C(=O)O2. The number of carbonyl (C=O) groups is 3. The Kier molecular flexibility index (Phi) is 2.39. The molecular weight excluding hydrogens is 268 g/mol. The average molecular weight is 284 g/mol. The molecule has 1 N–H and O–H groups in total. The lowest BCUT2D eigenvalue weighted by Crippen LogP contribution is -2.85. The van der Waals surface area contributed by atoms with Crippen molar-refractivity contribution in [3.8, 4) is 0 Å². The van der Waals surface area contributed by atoms with Crippen LogP contribution in [0.4, 0.5) is 4.79 Å². The topological polar surface area (TPSA) is 94.2 Å². The normalized spacial score (nSPS) is 25.9. The van der Waals surface area contributed by atoms with Crippen molar-refractivity contribution in [2.45, 2.75) is 32.3 Å². The fraction of sp³-hybridized carbons (Fsp3) is 0.750. The Bertz CT molecular complexity index is 489. The molecule has 0 aromatic heterocycles. The smallest absolute Gasteiger partial charge is 0.422 e. The van der Waals surface area contributed by atoms with E-state index in [2.05, 4.69) is 5.32 Å². The van der Waals surface area contributed by atoms with E-state index in [1.807, 2.05) is 0 Å². The van der Waals surface area contributed by atoms with Gasteiger partial charge in [0.15, 0.2) is 0 Å². The standard InChI is InChI=1S/C12H16N2O6/c1-10(2,3)20-9(17)14-6-11(4-13-5-11)12(14)18-7(15)8(16)19-12/h13H,4-6H2,1-3H3. The van der Waals surface area contributed by atoms with Gasteiger partial charge in [0.05, 0.1) is 0 Å². The van der Waals surface area contributed by atoms with E-state index in [1.165, 1.54) is 0 Å². The molecule has 3 fully saturated rings. The van der Waals surface area contributed by atoms with Crippen molar-refractivity contribution in [3.63, 3.8) is 0 Å². The summed E-state index contributed by atoms with van der Waals surface area (Å²) in [5, 5.41) is 3.03. The molecule has 3 aliphatic rings. The summed E-state index contributed by atoms with van der Waals surface area (Å²) < 4.78 is 15.4. The number of nitrogens with one attached hydrogen (secondary N) is 1. The third-order valence-corrected chi connectivity index (χ3v) is 3.66.